The lowest BCUT2D eigenvalue weighted by Gasteiger charge is -2.19. The topological polar surface area (TPSA) is 33.3 Å². The number of hydrogen-bond donors (Lipinski definition) is 2. The van der Waals surface area contributed by atoms with Crippen LogP contribution in [-0.4, -0.2) is 26.2 Å². The Balaban J connectivity index is 1.91. The number of hydrogen-bond acceptors (Lipinski definition) is 3. The molecular weight excluding hydrogens is 212 g/mol. The molecule has 0 radical (unpaired) electrons. The van der Waals surface area contributed by atoms with Crippen molar-refractivity contribution in [3.05, 3.63) is 29.8 Å². The van der Waals surface area contributed by atoms with Crippen molar-refractivity contribution in [2.75, 3.05) is 20.2 Å². The van der Waals surface area contributed by atoms with E-state index in [1.807, 2.05) is 12.1 Å². The van der Waals surface area contributed by atoms with Gasteiger partial charge in [-0.2, -0.15) is 0 Å². The van der Waals surface area contributed by atoms with Crippen LogP contribution in [0.15, 0.2) is 24.3 Å². The summed E-state index contributed by atoms with van der Waals surface area (Å²) in [7, 11) is 1.73. The zero-order valence-electron chi connectivity index (χ0n) is 10.7. The number of methoxy groups -OCH3 is 1. The summed E-state index contributed by atoms with van der Waals surface area (Å²) < 4.78 is 5.38. The second-order valence-electron chi connectivity index (χ2n) is 4.67. The van der Waals surface area contributed by atoms with Crippen molar-refractivity contribution >= 4 is 0 Å². The van der Waals surface area contributed by atoms with Crippen molar-refractivity contribution in [3.63, 3.8) is 0 Å². The normalized spacial score (nSPS) is 21.4. The quantitative estimate of drug-likeness (QED) is 0.818. The van der Waals surface area contributed by atoms with Crippen molar-refractivity contribution in [3.8, 4) is 5.75 Å². The Morgan fingerprint density at radius 2 is 2.29 bits per heavy atom. The van der Waals surface area contributed by atoms with Crippen molar-refractivity contribution < 1.29 is 4.74 Å². The summed E-state index contributed by atoms with van der Waals surface area (Å²) in [4.78, 5) is 0. The molecule has 1 aromatic carbocycles. The van der Waals surface area contributed by atoms with Crippen LogP contribution in [-0.2, 0) is 0 Å². The van der Waals surface area contributed by atoms with Gasteiger partial charge in [-0.1, -0.05) is 18.2 Å². The molecule has 3 heteroatoms. The van der Waals surface area contributed by atoms with E-state index in [9.17, 15) is 0 Å². The molecule has 0 bridgehead atoms. The molecule has 0 saturated carbocycles. The minimum Gasteiger partial charge on any atom is -0.496 e. The number of rotatable bonds is 5. The smallest absolute Gasteiger partial charge is 0.123 e. The monoisotopic (exact) mass is 234 g/mol. The van der Waals surface area contributed by atoms with Gasteiger partial charge in [0.1, 0.15) is 5.75 Å². The molecule has 0 amide bonds. The first kappa shape index (κ1) is 12.4. The van der Waals surface area contributed by atoms with Crippen molar-refractivity contribution in [1.82, 2.24) is 10.6 Å². The molecule has 1 aromatic rings. The standard InChI is InChI=1S/C14H22N2O/c1-11(16-10-12-6-5-9-15-12)13-7-3-4-8-14(13)17-2/h3-4,7-8,11-12,15-16H,5-6,9-10H2,1-2H3/t11-,12?/m0/s1. The maximum atomic E-state index is 5.38. The maximum Gasteiger partial charge on any atom is 0.123 e. The Kier molecular flexibility index (Phi) is 4.40. The lowest BCUT2D eigenvalue weighted by molar-refractivity contribution is 0.399. The van der Waals surface area contributed by atoms with E-state index in [-0.39, 0.29) is 0 Å². The summed E-state index contributed by atoms with van der Waals surface area (Å²) in [5.41, 5.74) is 1.23. The van der Waals surface area contributed by atoms with Crippen LogP contribution in [0.25, 0.3) is 0 Å². The molecule has 1 aliphatic heterocycles. The third kappa shape index (κ3) is 3.20. The van der Waals surface area contributed by atoms with E-state index in [2.05, 4.69) is 29.7 Å². The summed E-state index contributed by atoms with van der Waals surface area (Å²) >= 11 is 0. The molecule has 0 spiro atoms. The van der Waals surface area contributed by atoms with E-state index in [4.69, 9.17) is 4.74 Å². The van der Waals surface area contributed by atoms with E-state index in [1.165, 1.54) is 18.4 Å². The van der Waals surface area contributed by atoms with Gasteiger partial charge in [-0.05, 0) is 32.4 Å². The SMILES string of the molecule is COc1ccccc1[C@H](C)NCC1CCCN1. The summed E-state index contributed by atoms with van der Waals surface area (Å²) in [6.45, 7) is 4.38. The molecule has 2 atom stereocenters. The third-order valence-corrected chi connectivity index (χ3v) is 3.44. The Morgan fingerprint density at radius 3 is 3.00 bits per heavy atom. The largest absolute Gasteiger partial charge is 0.496 e. The van der Waals surface area contributed by atoms with Crippen molar-refractivity contribution in [1.29, 1.82) is 0 Å². The molecule has 3 nitrogen and oxygen atoms in total. The first-order valence-electron chi connectivity index (χ1n) is 6.41. The molecule has 1 aliphatic rings. The van der Waals surface area contributed by atoms with Crippen LogP contribution >= 0.6 is 0 Å². The number of ether oxygens (including phenoxy) is 1. The molecule has 1 fully saturated rings. The van der Waals surface area contributed by atoms with E-state index in [1.54, 1.807) is 7.11 Å². The van der Waals surface area contributed by atoms with Crippen LogP contribution < -0.4 is 15.4 Å². The van der Waals surface area contributed by atoms with Crippen LogP contribution in [0.4, 0.5) is 0 Å². The first-order chi connectivity index (χ1) is 8.31. The van der Waals surface area contributed by atoms with Crippen LogP contribution in [0.1, 0.15) is 31.4 Å². The molecule has 1 saturated heterocycles. The number of para-hydroxylation sites is 1. The molecule has 0 aromatic heterocycles. The molecule has 1 unspecified atom stereocenters. The van der Waals surface area contributed by atoms with Gasteiger partial charge in [0.25, 0.3) is 0 Å². The fourth-order valence-electron chi connectivity index (χ4n) is 2.38. The van der Waals surface area contributed by atoms with Gasteiger partial charge < -0.3 is 15.4 Å². The predicted molar refractivity (Wildman–Crippen MR) is 70.4 cm³/mol. The fourth-order valence-corrected chi connectivity index (χ4v) is 2.38. The molecule has 17 heavy (non-hydrogen) atoms. The molecule has 2 N–H and O–H groups in total. The van der Waals surface area contributed by atoms with Gasteiger partial charge >= 0.3 is 0 Å². The molecule has 94 valence electrons. The predicted octanol–water partition coefficient (Wildman–Crippen LogP) is 2.10. The number of nitrogens with one attached hydrogen (secondary N) is 2. The zero-order valence-corrected chi connectivity index (χ0v) is 10.7. The van der Waals surface area contributed by atoms with Crippen molar-refractivity contribution in [2.24, 2.45) is 0 Å². The highest BCUT2D eigenvalue weighted by Gasteiger charge is 2.16. The zero-order chi connectivity index (χ0) is 12.1. The highest BCUT2D eigenvalue weighted by atomic mass is 16.5. The minimum atomic E-state index is 0.327. The Morgan fingerprint density at radius 1 is 1.47 bits per heavy atom. The Labute approximate surface area is 104 Å². The molecule has 0 aliphatic carbocycles. The average molecular weight is 234 g/mol. The van der Waals surface area contributed by atoms with Gasteiger partial charge in [-0.15, -0.1) is 0 Å². The highest BCUT2D eigenvalue weighted by Crippen LogP contribution is 2.24. The van der Waals surface area contributed by atoms with E-state index in [0.717, 1.165) is 18.8 Å². The van der Waals surface area contributed by atoms with Gasteiger partial charge in [0.2, 0.25) is 0 Å². The summed E-state index contributed by atoms with van der Waals surface area (Å²) in [5.74, 6) is 0.965. The molecule has 2 rings (SSSR count). The van der Waals surface area contributed by atoms with E-state index >= 15 is 0 Å². The summed E-state index contributed by atoms with van der Waals surface area (Å²) in [6.07, 6.45) is 2.58. The summed E-state index contributed by atoms with van der Waals surface area (Å²) in [6, 6.07) is 9.16. The van der Waals surface area contributed by atoms with Crippen molar-refractivity contribution in [2.45, 2.75) is 31.8 Å². The molecular formula is C14H22N2O. The van der Waals surface area contributed by atoms with Crippen LogP contribution in [0, 0.1) is 0 Å². The second kappa shape index (κ2) is 6.03. The third-order valence-electron chi connectivity index (χ3n) is 3.44. The van der Waals surface area contributed by atoms with Crippen LogP contribution in [0.2, 0.25) is 0 Å². The first-order valence-corrected chi connectivity index (χ1v) is 6.41. The minimum absolute atomic E-state index is 0.327. The van der Waals surface area contributed by atoms with E-state index < -0.39 is 0 Å². The van der Waals surface area contributed by atoms with E-state index in [0.29, 0.717) is 12.1 Å². The maximum absolute atomic E-state index is 5.38. The van der Waals surface area contributed by atoms with Gasteiger partial charge in [0.15, 0.2) is 0 Å². The Hall–Kier alpha value is -1.06. The highest BCUT2D eigenvalue weighted by molar-refractivity contribution is 5.35. The summed E-state index contributed by atoms with van der Waals surface area (Å²) in [5, 5.41) is 7.07. The lowest BCUT2D eigenvalue weighted by Crippen LogP contribution is -2.35. The second-order valence-corrected chi connectivity index (χ2v) is 4.67. The van der Waals surface area contributed by atoms with Crippen LogP contribution in [0.5, 0.6) is 5.75 Å². The van der Waals surface area contributed by atoms with Crippen LogP contribution in [0.3, 0.4) is 0 Å². The fraction of sp³-hybridized carbons (Fsp3) is 0.571. The van der Waals surface area contributed by atoms with Gasteiger partial charge in [0, 0.05) is 24.2 Å². The average Bonchev–Trinajstić information content (AvgIpc) is 2.89. The van der Waals surface area contributed by atoms with Gasteiger partial charge in [-0.25, -0.2) is 0 Å². The number of benzene rings is 1. The molecule has 1 heterocycles. The Bertz CT molecular complexity index is 348. The van der Waals surface area contributed by atoms with Gasteiger partial charge in [-0.3, -0.25) is 0 Å². The van der Waals surface area contributed by atoms with Gasteiger partial charge in [0.05, 0.1) is 7.11 Å². The lowest BCUT2D eigenvalue weighted by atomic mass is 10.1.